The molecule has 5 heteroatoms. The fourth-order valence-electron chi connectivity index (χ4n) is 2.95. The summed E-state index contributed by atoms with van der Waals surface area (Å²) in [5.41, 5.74) is 0.131. The number of rotatable bonds is 16. The van der Waals surface area contributed by atoms with Crippen LogP contribution < -0.4 is 5.32 Å². The second kappa shape index (κ2) is 17.6. The Balaban J connectivity index is 2.10. The molecule has 0 unspecified atom stereocenters. The van der Waals surface area contributed by atoms with Crippen molar-refractivity contribution < 1.29 is 19.8 Å². The van der Waals surface area contributed by atoms with E-state index in [2.05, 4.69) is 60.8 Å². The van der Waals surface area contributed by atoms with Crippen molar-refractivity contribution in [2.75, 3.05) is 5.32 Å². The van der Waals surface area contributed by atoms with Gasteiger partial charge in [-0.15, -0.1) is 0 Å². The molecule has 0 aliphatic carbocycles. The molecule has 0 radical (unpaired) electrons. The lowest BCUT2D eigenvalue weighted by molar-refractivity contribution is -0.116. The number of hydrogen-bond donors (Lipinski definition) is 3. The van der Waals surface area contributed by atoms with Crippen molar-refractivity contribution in [1.82, 2.24) is 0 Å². The maximum atomic E-state index is 12.0. The Kier molecular flexibility index (Phi) is 14.8. The largest absolute Gasteiger partial charge is 0.507 e. The number of carboxylic acids is 1. The maximum absolute atomic E-state index is 12.0. The molecular weight excluding hydrogens is 402 g/mol. The standard InChI is InChI=1S/C27H37NO4/c1-2-3-4-5-6-7-8-9-10-11-12-13-14-15-16-17-18-19-26(30)28-23-20-21-25(29)24(22-23)27(31)32/h6-7,9-10,12-13,15-16,20-22,29H,2-5,8,11,14,17-19H2,1H3,(H,28,30)(H,31,32). The van der Waals surface area contributed by atoms with E-state index in [-0.39, 0.29) is 17.2 Å². The van der Waals surface area contributed by atoms with Crippen LogP contribution >= 0.6 is 0 Å². The van der Waals surface area contributed by atoms with Crippen LogP contribution in [0, 0.1) is 0 Å². The number of anilines is 1. The van der Waals surface area contributed by atoms with Crippen LogP contribution in [0.4, 0.5) is 5.69 Å². The number of carbonyl (C=O) groups excluding carboxylic acids is 1. The van der Waals surface area contributed by atoms with Crippen LogP contribution in [-0.4, -0.2) is 22.1 Å². The van der Waals surface area contributed by atoms with Crippen LogP contribution in [0.15, 0.2) is 66.8 Å². The predicted octanol–water partition coefficient (Wildman–Crippen LogP) is 7.17. The molecule has 1 amide bonds. The fraction of sp³-hybridized carbons (Fsp3) is 0.407. The summed E-state index contributed by atoms with van der Waals surface area (Å²) in [6, 6.07) is 3.99. The van der Waals surface area contributed by atoms with Gasteiger partial charge in [0.2, 0.25) is 5.91 Å². The third-order valence-electron chi connectivity index (χ3n) is 4.74. The van der Waals surface area contributed by atoms with Gasteiger partial charge in [-0.05, 0) is 63.1 Å². The smallest absolute Gasteiger partial charge is 0.339 e. The molecule has 0 saturated heterocycles. The van der Waals surface area contributed by atoms with E-state index in [9.17, 15) is 14.7 Å². The number of aromatic carboxylic acids is 1. The first kappa shape index (κ1) is 27.0. The lowest BCUT2D eigenvalue weighted by Gasteiger charge is -2.06. The maximum Gasteiger partial charge on any atom is 0.339 e. The highest BCUT2D eigenvalue weighted by atomic mass is 16.4. The number of phenols is 1. The molecular formula is C27H37NO4. The Morgan fingerprint density at radius 3 is 1.97 bits per heavy atom. The van der Waals surface area contributed by atoms with Gasteiger partial charge in [-0.2, -0.15) is 0 Å². The van der Waals surface area contributed by atoms with Gasteiger partial charge in [0.1, 0.15) is 11.3 Å². The van der Waals surface area contributed by atoms with Crippen LogP contribution in [0.3, 0.4) is 0 Å². The number of unbranched alkanes of at least 4 members (excludes halogenated alkanes) is 4. The molecule has 5 nitrogen and oxygen atoms in total. The monoisotopic (exact) mass is 439 g/mol. The van der Waals surface area contributed by atoms with Crippen molar-refractivity contribution >= 4 is 17.6 Å². The quantitative estimate of drug-likeness (QED) is 0.145. The molecule has 1 aromatic carbocycles. The third-order valence-corrected chi connectivity index (χ3v) is 4.74. The van der Waals surface area contributed by atoms with Crippen LogP contribution in [0.25, 0.3) is 0 Å². The van der Waals surface area contributed by atoms with Gasteiger partial charge in [0.15, 0.2) is 0 Å². The minimum Gasteiger partial charge on any atom is -0.507 e. The SMILES string of the molecule is CCCCCC=CCC=CCC=CCC=CCCCC(=O)Nc1ccc(O)c(C(=O)O)c1. The molecule has 0 aliphatic heterocycles. The molecule has 174 valence electrons. The molecule has 3 N–H and O–H groups in total. The van der Waals surface area contributed by atoms with Crippen molar-refractivity contribution in [3.05, 3.63) is 72.4 Å². The molecule has 0 saturated carbocycles. The molecule has 1 aromatic rings. The van der Waals surface area contributed by atoms with E-state index in [1.807, 2.05) is 0 Å². The zero-order valence-corrected chi connectivity index (χ0v) is 19.1. The van der Waals surface area contributed by atoms with Crippen molar-refractivity contribution in [3.8, 4) is 5.75 Å². The van der Waals surface area contributed by atoms with Crippen molar-refractivity contribution in [2.45, 2.75) is 71.1 Å². The number of amides is 1. The highest BCUT2D eigenvalue weighted by Gasteiger charge is 2.11. The Labute approximate surface area is 192 Å². The highest BCUT2D eigenvalue weighted by Crippen LogP contribution is 2.21. The van der Waals surface area contributed by atoms with Crippen LogP contribution in [0.2, 0.25) is 0 Å². The zero-order valence-electron chi connectivity index (χ0n) is 19.1. The number of carboxylic acid groups (broad SMARTS) is 1. The summed E-state index contributed by atoms with van der Waals surface area (Å²) in [5, 5.41) is 21.2. The first-order valence-corrected chi connectivity index (χ1v) is 11.5. The Morgan fingerprint density at radius 2 is 1.41 bits per heavy atom. The molecule has 32 heavy (non-hydrogen) atoms. The first-order chi connectivity index (χ1) is 15.5. The molecule has 0 aliphatic rings. The van der Waals surface area contributed by atoms with E-state index in [4.69, 9.17) is 5.11 Å². The van der Waals surface area contributed by atoms with E-state index in [1.54, 1.807) is 0 Å². The summed E-state index contributed by atoms with van der Waals surface area (Å²) < 4.78 is 0. The van der Waals surface area contributed by atoms with E-state index in [1.165, 1.54) is 43.9 Å². The Morgan fingerprint density at radius 1 is 0.844 bits per heavy atom. The van der Waals surface area contributed by atoms with Gasteiger partial charge in [-0.25, -0.2) is 4.79 Å². The van der Waals surface area contributed by atoms with Crippen LogP contribution in [0.5, 0.6) is 5.75 Å². The summed E-state index contributed by atoms with van der Waals surface area (Å²) in [7, 11) is 0. The van der Waals surface area contributed by atoms with Crippen molar-refractivity contribution in [1.29, 1.82) is 0 Å². The number of hydrogen-bond acceptors (Lipinski definition) is 3. The number of allylic oxidation sites excluding steroid dienone is 8. The number of benzene rings is 1. The minimum absolute atomic E-state index is 0.178. The molecule has 1 rings (SSSR count). The van der Waals surface area contributed by atoms with E-state index >= 15 is 0 Å². The van der Waals surface area contributed by atoms with E-state index < -0.39 is 5.97 Å². The molecule has 0 heterocycles. The normalized spacial score (nSPS) is 11.9. The minimum atomic E-state index is -1.24. The fourth-order valence-corrected chi connectivity index (χ4v) is 2.95. The average Bonchev–Trinajstić information content (AvgIpc) is 2.77. The van der Waals surface area contributed by atoms with Crippen molar-refractivity contribution in [2.24, 2.45) is 0 Å². The van der Waals surface area contributed by atoms with Gasteiger partial charge in [-0.1, -0.05) is 68.4 Å². The zero-order chi connectivity index (χ0) is 23.4. The lowest BCUT2D eigenvalue weighted by atomic mass is 10.1. The van der Waals surface area contributed by atoms with Crippen LogP contribution in [-0.2, 0) is 4.79 Å². The van der Waals surface area contributed by atoms with E-state index in [0.29, 0.717) is 18.5 Å². The Hall–Kier alpha value is -3.08. The highest BCUT2D eigenvalue weighted by molar-refractivity contribution is 5.95. The van der Waals surface area contributed by atoms with Gasteiger partial charge in [0, 0.05) is 12.1 Å². The summed E-state index contributed by atoms with van der Waals surface area (Å²) in [6.45, 7) is 2.22. The first-order valence-electron chi connectivity index (χ1n) is 11.5. The number of nitrogens with one attached hydrogen (secondary N) is 1. The molecule has 0 spiro atoms. The molecule has 0 atom stereocenters. The second-order valence-electron chi connectivity index (χ2n) is 7.57. The van der Waals surface area contributed by atoms with Gasteiger partial charge in [0.05, 0.1) is 0 Å². The topological polar surface area (TPSA) is 86.6 Å². The summed E-state index contributed by atoms with van der Waals surface area (Å²) in [4.78, 5) is 23.0. The Bertz CT molecular complexity index is 806. The van der Waals surface area contributed by atoms with Crippen LogP contribution in [0.1, 0.15) is 81.5 Å². The number of carbonyl (C=O) groups is 2. The summed E-state index contributed by atoms with van der Waals surface area (Å²) >= 11 is 0. The van der Waals surface area contributed by atoms with Gasteiger partial charge >= 0.3 is 5.97 Å². The summed E-state index contributed by atoms with van der Waals surface area (Å²) in [5.74, 6) is -1.74. The van der Waals surface area contributed by atoms with E-state index in [0.717, 1.165) is 25.7 Å². The molecule has 0 fully saturated rings. The van der Waals surface area contributed by atoms with Gasteiger partial charge in [-0.3, -0.25) is 4.79 Å². The third kappa shape index (κ3) is 13.3. The molecule has 0 bridgehead atoms. The summed E-state index contributed by atoms with van der Waals surface area (Å²) in [6.07, 6.45) is 27.1. The second-order valence-corrected chi connectivity index (χ2v) is 7.57. The van der Waals surface area contributed by atoms with Gasteiger partial charge < -0.3 is 15.5 Å². The molecule has 0 aromatic heterocycles. The number of aromatic hydroxyl groups is 1. The van der Waals surface area contributed by atoms with Gasteiger partial charge in [0.25, 0.3) is 0 Å². The average molecular weight is 440 g/mol. The lowest BCUT2D eigenvalue weighted by Crippen LogP contribution is -2.11. The predicted molar refractivity (Wildman–Crippen MR) is 132 cm³/mol. The van der Waals surface area contributed by atoms with Crippen molar-refractivity contribution in [3.63, 3.8) is 0 Å².